The number of likely N-dealkylation sites (N-methyl/N-ethyl adjacent to an activating group) is 1. The van der Waals surface area contributed by atoms with Gasteiger partial charge in [-0.25, -0.2) is 4.39 Å². The molecule has 1 nitrogen and oxygen atoms in total. The number of hydrogen-bond donors (Lipinski definition) is 1. The number of aryl methyl sites for hydroxylation is 2. The van der Waals surface area contributed by atoms with Crippen molar-refractivity contribution < 1.29 is 4.39 Å². The van der Waals surface area contributed by atoms with Gasteiger partial charge < -0.3 is 5.32 Å². The van der Waals surface area contributed by atoms with Gasteiger partial charge in [-0.2, -0.15) is 0 Å². The van der Waals surface area contributed by atoms with E-state index in [2.05, 4.69) is 23.5 Å². The number of rotatable bonds is 5. The molecule has 1 aliphatic rings. The van der Waals surface area contributed by atoms with E-state index in [1.807, 2.05) is 19.2 Å². The van der Waals surface area contributed by atoms with Crippen LogP contribution in [0.3, 0.4) is 0 Å². The highest BCUT2D eigenvalue weighted by Gasteiger charge is 2.17. The molecule has 0 aromatic heterocycles. The number of fused-ring (bicyclic) bond motifs is 1. The predicted molar refractivity (Wildman–Crippen MR) is 85.2 cm³/mol. The number of nitrogens with one attached hydrogen (secondary N) is 1. The third kappa shape index (κ3) is 3.16. The van der Waals surface area contributed by atoms with E-state index in [1.54, 1.807) is 12.1 Å². The van der Waals surface area contributed by atoms with Crippen LogP contribution in [0.2, 0.25) is 0 Å². The Labute approximate surface area is 126 Å². The standard InChI is InChI=1S/C19H22FN/c1-21-13-17(18-7-2-3-8-19(18)20)12-14-9-10-15-5-4-6-16(15)11-14/h2-3,7-11,17,21H,4-6,12-13H2,1H3. The lowest BCUT2D eigenvalue weighted by Gasteiger charge is -2.18. The Morgan fingerprint density at radius 1 is 1.10 bits per heavy atom. The number of hydrogen-bond acceptors (Lipinski definition) is 1. The molecule has 0 heterocycles. The molecule has 3 rings (SSSR count). The Bertz CT molecular complexity index is 621. The second-order valence-corrected chi connectivity index (χ2v) is 5.94. The van der Waals surface area contributed by atoms with Gasteiger partial charge in [0.2, 0.25) is 0 Å². The van der Waals surface area contributed by atoms with E-state index in [4.69, 9.17) is 0 Å². The zero-order valence-corrected chi connectivity index (χ0v) is 12.5. The van der Waals surface area contributed by atoms with E-state index in [9.17, 15) is 4.39 Å². The van der Waals surface area contributed by atoms with Crippen molar-refractivity contribution in [1.29, 1.82) is 0 Å². The normalized spacial score (nSPS) is 15.0. The van der Waals surface area contributed by atoms with Crippen LogP contribution in [0.25, 0.3) is 0 Å². The molecule has 110 valence electrons. The summed E-state index contributed by atoms with van der Waals surface area (Å²) in [5.74, 6) is 0.0783. The van der Waals surface area contributed by atoms with Gasteiger partial charge in [0.25, 0.3) is 0 Å². The van der Waals surface area contributed by atoms with Crippen LogP contribution in [0.1, 0.15) is 34.6 Å². The summed E-state index contributed by atoms with van der Waals surface area (Å²) in [5, 5.41) is 3.20. The van der Waals surface area contributed by atoms with Crippen molar-refractivity contribution in [2.75, 3.05) is 13.6 Å². The molecule has 2 heteroatoms. The van der Waals surface area contributed by atoms with E-state index in [-0.39, 0.29) is 11.7 Å². The molecule has 0 bridgehead atoms. The molecule has 0 radical (unpaired) electrons. The highest BCUT2D eigenvalue weighted by Crippen LogP contribution is 2.27. The van der Waals surface area contributed by atoms with Gasteiger partial charge in [0, 0.05) is 12.5 Å². The molecule has 2 aromatic carbocycles. The largest absolute Gasteiger partial charge is 0.319 e. The van der Waals surface area contributed by atoms with Gasteiger partial charge in [0.15, 0.2) is 0 Å². The van der Waals surface area contributed by atoms with Gasteiger partial charge in [-0.3, -0.25) is 0 Å². The molecule has 0 aliphatic heterocycles. The molecular weight excluding hydrogens is 261 g/mol. The average Bonchev–Trinajstić information content (AvgIpc) is 2.95. The predicted octanol–water partition coefficient (Wildman–Crippen LogP) is 3.86. The van der Waals surface area contributed by atoms with E-state index in [0.717, 1.165) is 18.5 Å². The molecule has 0 spiro atoms. The van der Waals surface area contributed by atoms with Gasteiger partial charge >= 0.3 is 0 Å². The van der Waals surface area contributed by atoms with E-state index >= 15 is 0 Å². The smallest absolute Gasteiger partial charge is 0.126 e. The van der Waals surface area contributed by atoms with Crippen molar-refractivity contribution in [2.45, 2.75) is 31.6 Å². The maximum Gasteiger partial charge on any atom is 0.126 e. The topological polar surface area (TPSA) is 12.0 Å². The second-order valence-electron chi connectivity index (χ2n) is 5.94. The molecule has 0 saturated carbocycles. The number of halogens is 1. The van der Waals surface area contributed by atoms with Gasteiger partial charge in [0.05, 0.1) is 0 Å². The van der Waals surface area contributed by atoms with E-state index in [1.165, 1.54) is 36.0 Å². The van der Waals surface area contributed by atoms with E-state index in [0.29, 0.717) is 0 Å². The molecule has 1 aliphatic carbocycles. The quantitative estimate of drug-likeness (QED) is 0.878. The summed E-state index contributed by atoms with van der Waals surface area (Å²) in [4.78, 5) is 0. The second kappa shape index (κ2) is 6.40. The summed E-state index contributed by atoms with van der Waals surface area (Å²) in [6, 6.07) is 13.9. The summed E-state index contributed by atoms with van der Waals surface area (Å²) in [7, 11) is 1.93. The molecule has 0 amide bonds. The summed E-state index contributed by atoms with van der Waals surface area (Å²) in [5.41, 5.74) is 5.12. The third-order valence-electron chi connectivity index (χ3n) is 4.44. The van der Waals surface area contributed by atoms with Gasteiger partial charge in [-0.15, -0.1) is 0 Å². The van der Waals surface area contributed by atoms with Gasteiger partial charge in [0.1, 0.15) is 5.82 Å². The van der Waals surface area contributed by atoms with Crippen molar-refractivity contribution in [3.05, 3.63) is 70.5 Å². The van der Waals surface area contributed by atoms with Crippen LogP contribution >= 0.6 is 0 Å². The zero-order valence-electron chi connectivity index (χ0n) is 12.5. The van der Waals surface area contributed by atoms with Crippen LogP contribution in [0.15, 0.2) is 42.5 Å². The Morgan fingerprint density at radius 3 is 2.71 bits per heavy atom. The first-order valence-corrected chi connectivity index (χ1v) is 7.77. The molecule has 1 unspecified atom stereocenters. The molecule has 2 aromatic rings. The van der Waals surface area contributed by atoms with Crippen LogP contribution in [0, 0.1) is 5.82 Å². The first kappa shape index (κ1) is 14.3. The fraction of sp³-hybridized carbons (Fsp3) is 0.368. The zero-order chi connectivity index (χ0) is 14.7. The molecule has 0 saturated heterocycles. The fourth-order valence-corrected chi connectivity index (χ4v) is 3.38. The minimum atomic E-state index is -0.0982. The molecule has 0 fully saturated rings. The van der Waals surface area contributed by atoms with Crippen molar-refractivity contribution in [3.8, 4) is 0 Å². The Morgan fingerprint density at radius 2 is 1.90 bits per heavy atom. The lowest BCUT2D eigenvalue weighted by atomic mass is 9.90. The van der Waals surface area contributed by atoms with Gasteiger partial charge in [-0.1, -0.05) is 36.4 Å². The van der Waals surface area contributed by atoms with E-state index < -0.39 is 0 Å². The molecule has 1 atom stereocenters. The monoisotopic (exact) mass is 283 g/mol. The summed E-state index contributed by atoms with van der Waals surface area (Å²) >= 11 is 0. The first-order chi connectivity index (χ1) is 10.3. The van der Waals surface area contributed by atoms with Crippen molar-refractivity contribution in [2.24, 2.45) is 0 Å². The van der Waals surface area contributed by atoms with Crippen molar-refractivity contribution in [3.63, 3.8) is 0 Å². The third-order valence-corrected chi connectivity index (χ3v) is 4.44. The molecular formula is C19H22FN. The molecule has 21 heavy (non-hydrogen) atoms. The highest BCUT2D eigenvalue weighted by molar-refractivity contribution is 5.36. The van der Waals surface area contributed by atoms with Crippen LogP contribution in [0.4, 0.5) is 4.39 Å². The lowest BCUT2D eigenvalue weighted by molar-refractivity contribution is 0.556. The SMILES string of the molecule is CNCC(Cc1ccc2c(c1)CCC2)c1ccccc1F. The maximum atomic E-state index is 14.1. The minimum absolute atomic E-state index is 0.0982. The Balaban J connectivity index is 1.84. The molecule has 1 N–H and O–H groups in total. The highest BCUT2D eigenvalue weighted by atomic mass is 19.1. The summed E-state index contributed by atoms with van der Waals surface area (Å²) in [6.45, 7) is 0.790. The maximum absolute atomic E-state index is 14.1. The average molecular weight is 283 g/mol. The number of benzene rings is 2. The van der Waals surface area contributed by atoms with Crippen LogP contribution < -0.4 is 5.32 Å². The van der Waals surface area contributed by atoms with Crippen LogP contribution in [-0.2, 0) is 19.3 Å². The van der Waals surface area contributed by atoms with Gasteiger partial charge in [-0.05, 0) is 61.1 Å². The van der Waals surface area contributed by atoms with Crippen molar-refractivity contribution >= 4 is 0 Å². The Hall–Kier alpha value is -1.67. The summed E-state index contributed by atoms with van der Waals surface area (Å²) in [6.07, 6.45) is 4.56. The van der Waals surface area contributed by atoms with Crippen LogP contribution in [0.5, 0.6) is 0 Å². The lowest BCUT2D eigenvalue weighted by Crippen LogP contribution is -2.20. The van der Waals surface area contributed by atoms with Crippen molar-refractivity contribution in [1.82, 2.24) is 5.32 Å². The minimum Gasteiger partial charge on any atom is -0.319 e. The first-order valence-electron chi connectivity index (χ1n) is 7.77. The van der Waals surface area contributed by atoms with Crippen LogP contribution in [-0.4, -0.2) is 13.6 Å². The fourth-order valence-electron chi connectivity index (χ4n) is 3.38. The Kier molecular flexibility index (Phi) is 4.35. The summed E-state index contributed by atoms with van der Waals surface area (Å²) < 4.78 is 14.1.